The second kappa shape index (κ2) is 11.2. The molecule has 1 aliphatic rings. The number of rotatable bonds is 7. The number of nitriles is 1. The van der Waals surface area contributed by atoms with Crippen molar-refractivity contribution in [3.8, 4) is 11.8 Å². The van der Waals surface area contributed by atoms with Gasteiger partial charge in [0, 0.05) is 17.5 Å². The number of carbonyl (C=O) groups excluding carboxylic acids is 2. The van der Waals surface area contributed by atoms with Crippen molar-refractivity contribution < 1.29 is 22.8 Å². The van der Waals surface area contributed by atoms with Gasteiger partial charge in [-0.1, -0.05) is 23.7 Å². The number of tetrazole rings is 1. The van der Waals surface area contributed by atoms with E-state index in [0.717, 1.165) is 11.5 Å². The number of aromatic nitrogens is 6. The number of carbonyl (C=O) groups is 2. The zero-order chi connectivity index (χ0) is 29.3. The minimum atomic E-state index is -4.78. The third kappa shape index (κ3) is 6.03. The number of para-hydroxylation sites is 1. The van der Waals surface area contributed by atoms with Crippen LogP contribution < -0.4 is 10.6 Å². The number of anilines is 1. The summed E-state index contributed by atoms with van der Waals surface area (Å²) in [6, 6.07) is 12.8. The monoisotopic (exact) mass is 601 g/mol. The van der Waals surface area contributed by atoms with Gasteiger partial charge < -0.3 is 10.6 Å². The Morgan fingerprint density at radius 2 is 1.93 bits per heavy atom. The molecule has 41 heavy (non-hydrogen) atoms. The van der Waals surface area contributed by atoms with Crippen molar-refractivity contribution in [2.45, 2.75) is 25.7 Å². The second-order valence-corrected chi connectivity index (χ2v) is 10.5. The Balaban J connectivity index is 1.51. The van der Waals surface area contributed by atoms with E-state index in [1.807, 2.05) is 6.07 Å². The van der Waals surface area contributed by atoms with Crippen molar-refractivity contribution in [3.63, 3.8) is 0 Å². The summed E-state index contributed by atoms with van der Waals surface area (Å²) in [6.45, 7) is 1.32. The predicted octanol–water partition coefficient (Wildman–Crippen LogP) is 3.86. The molecule has 11 nitrogen and oxygen atoms in total. The number of alkyl halides is 3. The third-order valence-electron chi connectivity index (χ3n) is 6.00. The Hall–Kier alpha value is -4.42. The van der Waals surface area contributed by atoms with Crippen LogP contribution in [0.15, 0.2) is 42.5 Å². The molecule has 3 heterocycles. The van der Waals surface area contributed by atoms with E-state index in [-0.39, 0.29) is 45.8 Å². The molecule has 210 valence electrons. The van der Waals surface area contributed by atoms with Gasteiger partial charge in [-0.05, 0) is 48.0 Å². The first-order valence-corrected chi connectivity index (χ1v) is 13.5. The van der Waals surface area contributed by atoms with Crippen LogP contribution in [-0.4, -0.2) is 59.3 Å². The lowest BCUT2D eigenvalue weighted by Crippen LogP contribution is -2.44. The first-order chi connectivity index (χ1) is 19.5. The maximum atomic E-state index is 13.7. The molecule has 2 aromatic carbocycles. The largest absolute Gasteiger partial charge is 0.455 e. The molecule has 0 atom stereocenters. The number of hydrogen-bond donors (Lipinski definition) is 2. The van der Waals surface area contributed by atoms with Crippen LogP contribution in [0.1, 0.15) is 43.5 Å². The summed E-state index contributed by atoms with van der Waals surface area (Å²) in [5.41, 5.74) is 1.46. The van der Waals surface area contributed by atoms with E-state index >= 15 is 0 Å². The number of hydrogen-bond acceptors (Lipinski definition) is 8. The molecule has 2 amide bonds. The number of aryl methyl sites for hydroxylation is 1. The van der Waals surface area contributed by atoms with Crippen molar-refractivity contribution in [2.24, 2.45) is 0 Å². The van der Waals surface area contributed by atoms with Crippen molar-refractivity contribution >= 4 is 40.9 Å². The minimum Gasteiger partial charge on any atom is -0.348 e. The first kappa shape index (κ1) is 28.1. The van der Waals surface area contributed by atoms with Gasteiger partial charge in [-0.2, -0.15) is 40.1 Å². The molecule has 0 unspecified atom stereocenters. The van der Waals surface area contributed by atoms with Gasteiger partial charge in [0.15, 0.2) is 0 Å². The first-order valence-electron chi connectivity index (χ1n) is 12.0. The number of thioether (sulfide) groups is 1. The van der Waals surface area contributed by atoms with Crippen LogP contribution in [0.2, 0.25) is 5.02 Å². The summed E-state index contributed by atoms with van der Waals surface area (Å²) in [5, 5.41) is 29.5. The lowest BCUT2D eigenvalue weighted by molar-refractivity contribution is -0.145. The Morgan fingerprint density at radius 3 is 2.56 bits per heavy atom. The van der Waals surface area contributed by atoms with Gasteiger partial charge >= 0.3 is 6.18 Å². The predicted molar refractivity (Wildman–Crippen MR) is 143 cm³/mol. The average molecular weight is 602 g/mol. The Kier molecular flexibility index (Phi) is 7.70. The molecule has 0 spiro atoms. The lowest BCUT2D eigenvalue weighted by atomic mass is 10.0. The number of nitrogens with one attached hydrogen (secondary N) is 2. The molecular formula is C25H19ClF3N9O2S. The Bertz CT molecular complexity index is 1690. The van der Waals surface area contributed by atoms with Crippen molar-refractivity contribution in [1.29, 1.82) is 5.26 Å². The van der Waals surface area contributed by atoms with Crippen molar-refractivity contribution in [2.75, 3.05) is 16.8 Å². The highest BCUT2D eigenvalue weighted by Crippen LogP contribution is 2.28. The number of halogens is 4. The Labute approximate surface area is 239 Å². The van der Waals surface area contributed by atoms with E-state index in [9.17, 15) is 28.0 Å². The van der Waals surface area contributed by atoms with Crippen LogP contribution in [0.5, 0.6) is 0 Å². The molecule has 5 rings (SSSR count). The van der Waals surface area contributed by atoms with E-state index in [1.165, 1.54) is 22.9 Å². The Morgan fingerprint density at radius 1 is 1.17 bits per heavy atom. The van der Waals surface area contributed by atoms with Crippen LogP contribution in [0.4, 0.5) is 18.9 Å². The van der Waals surface area contributed by atoms with Gasteiger partial charge in [-0.25, -0.2) is 4.68 Å². The maximum Gasteiger partial charge on any atom is 0.455 e. The van der Waals surface area contributed by atoms with E-state index < -0.39 is 23.8 Å². The lowest BCUT2D eigenvalue weighted by Gasteiger charge is -2.26. The van der Waals surface area contributed by atoms with Gasteiger partial charge in [0.2, 0.25) is 0 Å². The van der Waals surface area contributed by atoms with Gasteiger partial charge in [-0.15, -0.1) is 10.2 Å². The molecule has 2 N–H and O–H groups in total. The number of benzene rings is 2. The standard InChI is InChI=1S/C25H19ClF3N9O2S/c1-13-6-14(9-30)7-17(22(39)31-16-11-41-12-16)21(13)32-23(40)20-8-15(10-37-35-24(33-36-37)25(27,28)29)34-38(20)19-5-3-2-4-18(19)26/h2-8,16H,10-12H2,1H3,(H,31,39)(H,32,40). The van der Waals surface area contributed by atoms with Gasteiger partial charge in [0.1, 0.15) is 12.2 Å². The molecule has 0 saturated carbocycles. The molecular weight excluding hydrogens is 583 g/mol. The zero-order valence-electron chi connectivity index (χ0n) is 21.1. The highest BCUT2D eigenvalue weighted by atomic mass is 35.5. The van der Waals surface area contributed by atoms with Gasteiger partial charge in [-0.3, -0.25) is 9.59 Å². The van der Waals surface area contributed by atoms with Crippen LogP contribution in [0.3, 0.4) is 0 Å². The zero-order valence-corrected chi connectivity index (χ0v) is 22.7. The average Bonchev–Trinajstić information content (AvgIpc) is 3.55. The van der Waals surface area contributed by atoms with E-state index in [1.54, 1.807) is 43.0 Å². The molecule has 0 aliphatic carbocycles. The van der Waals surface area contributed by atoms with Crippen molar-refractivity contribution in [3.05, 3.63) is 81.4 Å². The molecule has 4 aromatic rings. The molecule has 1 aliphatic heterocycles. The van der Waals surface area contributed by atoms with Crippen molar-refractivity contribution in [1.82, 2.24) is 35.3 Å². The molecule has 1 saturated heterocycles. The summed E-state index contributed by atoms with van der Waals surface area (Å²) >= 11 is 8.05. The highest BCUT2D eigenvalue weighted by Gasteiger charge is 2.37. The van der Waals surface area contributed by atoms with Crippen LogP contribution >= 0.6 is 23.4 Å². The number of amides is 2. The summed E-state index contributed by atoms with van der Waals surface area (Å²) < 4.78 is 40.0. The molecule has 2 aromatic heterocycles. The molecule has 1 fully saturated rings. The van der Waals surface area contributed by atoms with E-state index in [4.69, 9.17) is 11.6 Å². The normalized spacial score (nSPS) is 13.4. The van der Waals surface area contributed by atoms with Crippen LogP contribution in [-0.2, 0) is 12.7 Å². The van der Waals surface area contributed by atoms with Gasteiger partial charge in [0.25, 0.3) is 17.6 Å². The summed E-state index contributed by atoms with van der Waals surface area (Å²) in [5.74, 6) is -1.02. The van der Waals surface area contributed by atoms with Gasteiger partial charge in [0.05, 0.1) is 39.3 Å². The molecule has 16 heteroatoms. The van der Waals surface area contributed by atoms with Crippen LogP contribution in [0, 0.1) is 18.3 Å². The summed E-state index contributed by atoms with van der Waals surface area (Å²) in [6.07, 6.45) is -4.78. The second-order valence-electron chi connectivity index (χ2n) is 9.01. The summed E-state index contributed by atoms with van der Waals surface area (Å²) in [7, 11) is 0. The minimum absolute atomic E-state index is 0.0189. The SMILES string of the molecule is Cc1cc(C#N)cc(C(=O)NC2CSC2)c1NC(=O)c1cc(Cn2nnc(C(F)(F)F)n2)nn1-c1ccccc1Cl. The fourth-order valence-corrected chi connectivity index (χ4v) is 4.86. The third-order valence-corrected chi connectivity index (χ3v) is 7.60. The molecule has 0 bridgehead atoms. The number of nitrogens with zero attached hydrogens (tertiary/aromatic N) is 7. The quantitative estimate of drug-likeness (QED) is 0.325. The summed E-state index contributed by atoms with van der Waals surface area (Å²) in [4.78, 5) is 27.5. The molecule has 0 radical (unpaired) electrons. The smallest absolute Gasteiger partial charge is 0.348 e. The fourth-order valence-electron chi connectivity index (χ4n) is 4.00. The fraction of sp³-hybridized carbons (Fsp3) is 0.240. The van der Waals surface area contributed by atoms with Crippen LogP contribution in [0.25, 0.3) is 5.69 Å². The topological polar surface area (TPSA) is 143 Å². The van der Waals surface area contributed by atoms with E-state index in [2.05, 4.69) is 31.1 Å². The highest BCUT2D eigenvalue weighted by molar-refractivity contribution is 8.00. The maximum absolute atomic E-state index is 13.7. The van der Waals surface area contributed by atoms with E-state index in [0.29, 0.717) is 16.0 Å².